The van der Waals surface area contributed by atoms with Crippen LogP contribution in [0.1, 0.15) is 10.4 Å². The normalized spacial score (nSPS) is 9.53. The van der Waals surface area contributed by atoms with Crippen LogP contribution in [0.5, 0.6) is 5.75 Å². The first-order chi connectivity index (χ1) is 7.15. The van der Waals surface area contributed by atoms with E-state index in [0.29, 0.717) is 22.7 Å². The molecule has 0 fully saturated rings. The predicted molar refractivity (Wildman–Crippen MR) is 58.3 cm³/mol. The van der Waals surface area contributed by atoms with Crippen LogP contribution in [0.3, 0.4) is 0 Å². The average molecular weight is 210 g/mol. The molecular weight excluding hydrogens is 196 g/mol. The molecule has 5 heteroatoms. The third-order valence-electron chi connectivity index (χ3n) is 2.05. The molecule has 15 heavy (non-hydrogen) atoms. The number of nitrogens with two attached hydrogens (primary N) is 1. The van der Waals surface area contributed by atoms with Gasteiger partial charge in [-0.2, -0.15) is 0 Å². The van der Waals surface area contributed by atoms with Crippen molar-refractivity contribution in [2.45, 2.75) is 0 Å². The zero-order valence-corrected chi connectivity index (χ0v) is 8.96. The molecule has 5 nitrogen and oxygen atoms in total. The number of carbonyl (C=O) groups excluding carboxylic acids is 1. The molecule has 0 spiro atoms. The Hall–Kier alpha value is -1.91. The SMILES string of the molecule is CNc1c(N)ccc(C(=O)OC)c1OC. The Morgan fingerprint density at radius 3 is 2.53 bits per heavy atom. The van der Waals surface area contributed by atoms with Crippen LogP contribution >= 0.6 is 0 Å². The van der Waals surface area contributed by atoms with E-state index in [1.807, 2.05) is 0 Å². The lowest BCUT2D eigenvalue weighted by Crippen LogP contribution is -2.07. The molecule has 0 radical (unpaired) electrons. The summed E-state index contributed by atoms with van der Waals surface area (Å²) in [6.07, 6.45) is 0. The van der Waals surface area contributed by atoms with E-state index >= 15 is 0 Å². The second-order valence-corrected chi connectivity index (χ2v) is 2.85. The van der Waals surface area contributed by atoms with Crippen LogP contribution < -0.4 is 15.8 Å². The van der Waals surface area contributed by atoms with Gasteiger partial charge in [0.15, 0.2) is 5.75 Å². The molecule has 0 aliphatic carbocycles. The second kappa shape index (κ2) is 4.54. The number of rotatable bonds is 3. The van der Waals surface area contributed by atoms with Crippen molar-refractivity contribution in [1.29, 1.82) is 0 Å². The maximum absolute atomic E-state index is 11.4. The Morgan fingerprint density at radius 2 is 2.07 bits per heavy atom. The number of nitrogen functional groups attached to an aromatic ring is 1. The van der Waals surface area contributed by atoms with Gasteiger partial charge in [0.05, 0.1) is 19.9 Å². The molecule has 0 atom stereocenters. The quantitative estimate of drug-likeness (QED) is 0.577. The van der Waals surface area contributed by atoms with Crippen molar-refractivity contribution < 1.29 is 14.3 Å². The fraction of sp³-hybridized carbons (Fsp3) is 0.300. The van der Waals surface area contributed by atoms with Gasteiger partial charge in [0.25, 0.3) is 0 Å². The molecule has 1 aromatic carbocycles. The van der Waals surface area contributed by atoms with Crippen LogP contribution in [-0.4, -0.2) is 27.2 Å². The summed E-state index contributed by atoms with van der Waals surface area (Å²) in [6.45, 7) is 0. The molecule has 0 aliphatic rings. The number of hydrogen-bond donors (Lipinski definition) is 2. The summed E-state index contributed by atoms with van der Waals surface area (Å²) >= 11 is 0. The minimum atomic E-state index is -0.455. The minimum Gasteiger partial charge on any atom is -0.494 e. The molecule has 1 rings (SSSR count). The smallest absolute Gasteiger partial charge is 0.341 e. The number of methoxy groups -OCH3 is 2. The molecule has 1 aromatic rings. The number of anilines is 2. The summed E-state index contributed by atoms with van der Waals surface area (Å²) in [5.41, 5.74) is 7.17. The fourth-order valence-electron chi connectivity index (χ4n) is 1.34. The van der Waals surface area contributed by atoms with Gasteiger partial charge in [-0.15, -0.1) is 0 Å². The van der Waals surface area contributed by atoms with E-state index in [9.17, 15) is 4.79 Å². The van der Waals surface area contributed by atoms with Crippen LogP contribution in [0.25, 0.3) is 0 Å². The lowest BCUT2D eigenvalue weighted by molar-refractivity contribution is 0.0597. The highest BCUT2D eigenvalue weighted by atomic mass is 16.5. The number of esters is 1. The summed E-state index contributed by atoms with van der Waals surface area (Å²) < 4.78 is 9.76. The van der Waals surface area contributed by atoms with Gasteiger partial charge in [0.1, 0.15) is 11.3 Å². The van der Waals surface area contributed by atoms with Crippen molar-refractivity contribution in [3.8, 4) is 5.75 Å². The monoisotopic (exact) mass is 210 g/mol. The number of nitrogens with one attached hydrogen (secondary N) is 1. The fourth-order valence-corrected chi connectivity index (χ4v) is 1.34. The van der Waals surface area contributed by atoms with Gasteiger partial charge in [-0.05, 0) is 12.1 Å². The van der Waals surface area contributed by atoms with E-state index in [4.69, 9.17) is 10.5 Å². The molecule has 0 aliphatic heterocycles. The lowest BCUT2D eigenvalue weighted by atomic mass is 10.1. The van der Waals surface area contributed by atoms with Crippen molar-refractivity contribution in [2.24, 2.45) is 0 Å². The Balaban J connectivity index is 3.35. The van der Waals surface area contributed by atoms with Crippen molar-refractivity contribution in [1.82, 2.24) is 0 Å². The topological polar surface area (TPSA) is 73.6 Å². The van der Waals surface area contributed by atoms with Gasteiger partial charge in [-0.1, -0.05) is 0 Å². The van der Waals surface area contributed by atoms with Crippen LogP contribution in [0, 0.1) is 0 Å². The van der Waals surface area contributed by atoms with Crippen LogP contribution in [0.4, 0.5) is 11.4 Å². The predicted octanol–water partition coefficient (Wildman–Crippen LogP) is 1.11. The molecule has 3 N–H and O–H groups in total. The van der Waals surface area contributed by atoms with E-state index in [0.717, 1.165) is 0 Å². The van der Waals surface area contributed by atoms with E-state index in [2.05, 4.69) is 10.1 Å². The molecule has 0 amide bonds. The largest absolute Gasteiger partial charge is 0.494 e. The maximum atomic E-state index is 11.4. The average Bonchev–Trinajstić information content (AvgIpc) is 2.27. The molecule has 0 saturated heterocycles. The zero-order valence-electron chi connectivity index (χ0n) is 8.96. The number of hydrogen-bond acceptors (Lipinski definition) is 5. The van der Waals surface area contributed by atoms with Gasteiger partial charge in [-0.25, -0.2) is 4.79 Å². The van der Waals surface area contributed by atoms with E-state index in [1.165, 1.54) is 14.2 Å². The molecule has 0 bridgehead atoms. The number of carbonyl (C=O) groups is 1. The first-order valence-corrected chi connectivity index (χ1v) is 4.38. The second-order valence-electron chi connectivity index (χ2n) is 2.85. The van der Waals surface area contributed by atoms with Crippen molar-refractivity contribution in [2.75, 3.05) is 32.3 Å². The van der Waals surface area contributed by atoms with Gasteiger partial charge >= 0.3 is 5.97 Å². The molecule has 0 heterocycles. The van der Waals surface area contributed by atoms with Crippen molar-refractivity contribution >= 4 is 17.3 Å². The van der Waals surface area contributed by atoms with E-state index in [-0.39, 0.29) is 0 Å². The van der Waals surface area contributed by atoms with Crippen LogP contribution in [0.2, 0.25) is 0 Å². The molecular formula is C10H14N2O3. The Labute approximate surface area is 88.2 Å². The van der Waals surface area contributed by atoms with Gasteiger partial charge < -0.3 is 20.5 Å². The van der Waals surface area contributed by atoms with Crippen molar-refractivity contribution in [3.63, 3.8) is 0 Å². The van der Waals surface area contributed by atoms with Crippen LogP contribution in [-0.2, 0) is 4.74 Å². The summed E-state index contributed by atoms with van der Waals surface area (Å²) in [7, 11) is 4.49. The Bertz CT molecular complexity index is 377. The summed E-state index contributed by atoms with van der Waals surface area (Å²) in [5.74, 6) is -0.0623. The third-order valence-corrected chi connectivity index (χ3v) is 2.05. The number of ether oxygens (including phenoxy) is 2. The molecule has 0 unspecified atom stereocenters. The highest BCUT2D eigenvalue weighted by Crippen LogP contribution is 2.34. The summed E-state index contributed by atoms with van der Waals surface area (Å²) in [6, 6.07) is 3.20. The minimum absolute atomic E-state index is 0.346. The lowest BCUT2D eigenvalue weighted by Gasteiger charge is -2.13. The molecule has 82 valence electrons. The zero-order chi connectivity index (χ0) is 11.4. The van der Waals surface area contributed by atoms with Gasteiger partial charge in [-0.3, -0.25) is 0 Å². The van der Waals surface area contributed by atoms with E-state index < -0.39 is 5.97 Å². The maximum Gasteiger partial charge on any atom is 0.341 e. The first-order valence-electron chi connectivity index (χ1n) is 4.38. The first kappa shape index (κ1) is 11.2. The molecule has 0 saturated carbocycles. The van der Waals surface area contributed by atoms with E-state index in [1.54, 1.807) is 19.2 Å². The standard InChI is InChI=1S/C10H14N2O3/c1-12-8-7(11)5-4-6(9(8)14-2)10(13)15-3/h4-5,12H,11H2,1-3H3. The summed E-state index contributed by atoms with van der Waals surface area (Å²) in [5, 5.41) is 2.88. The van der Waals surface area contributed by atoms with Crippen molar-refractivity contribution in [3.05, 3.63) is 17.7 Å². The third kappa shape index (κ3) is 1.96. The number of benzene rings is 1. The van der Waals surface area contributed by atoms with Gasteiger partial charge in [0.2, 0.25) is 0 Å². The highest BCUT2D eigenvalue weighted by molar-refractivity contribution is 5.96. The Morgan fingerprint density at radius 1 is 1.40 bits per heavy atom. The highest BCUT2D eigenvalue weighted by Gasteiger charge is 2.17. The van der Waals surface area contributed by atoms with Gasteiger partial charge in [0, 0.05) is 7.05 Å². The Kier molecular flexibility index (Phi) is 3.38. The summed E-state index contributed by atoms with van der Waals surface area (Å²) in [4.78, 5) is 11.4. The molecule has 0 aromatic heterocycles. The van der Waals surface area contributed by atoms with Crippen LogP contribution in [0.15, 0.2) is 12.1 Å².